The Labute approximate surface area is 378 Å². The third-order valence-electron chi connectivity index (χ3n) is 14.1. The van der Waals surface area contributed by atoms with E-state index in [2.05, 4.69) is 59.4 Å². The van der Waals surface area contributed by atoms with Crippen LogP contribution in [-0.2, 0) is 13.1 Å². The Kier molecular flexibility index (Phi) is 22.7. The predicted molar refractivity (Wildman–Crippen MR) is 272 cm³/mol. The summed E-state index contributed by atoms with van der Waals surface area (Å²) >= 11 is 0. The maximum absolute atomic E-state index is 12.6. The zero-order valence-electron chi connectivity index (χ0n) is 40.4. The van der Waals surface area contributed by atoms with E-state index in [1.165, 1.54) is 236 Å². The minimum atomic E-state index is 0.112. The van der Waals surface area contributed by atoms with Gasteiger partial charge in [-0.1, -0.05) is 206 Å². The first-order valence-electron chi connectivity index (χ1n) is 26.5. The Morgan fingerprint density at radius 2 is 0.565 bits per heavy atom. The van der Waals surface area contributed by atoms with Crippen LogP contribution in [0.15, 0.2) is 48.5 Å². The number of carbonyl (C=O) groups excluding carboxylic acids is 2. The van der Waals surface area contributed by atoms with Gasteiger partial charge in [-0.3, -0.25) is 9.59 Å². The number of ketones is 2. The highest BCUT2D eigenvalue weighted by Crippen LogP contribution is 2.38. The highest BCUT2D eigenvalue weighted by molar-refractivity contribution is 6.19. The second-order valence-electron chi connectivity index (χ2n) is 19.4. The van der Waals surface area contributed by atoms with Crippen LogP contribution in [0.1, 0.15) is 254 Å². The zero-order valence-corrected chi connectivity index (χ0v) is 40.4. The van der Waals surface area contributed by atoms with Crippen molar-refractivity contribution in [2.24, 2.45) is 0 Å². The van der Waals surface area contributed by atoms with E-state index in [4.69, 9.17) is 0 Å². The summed E-state index contributed by atoms with van der Waals surface area (Å²) in [7, 11) is 0. The number of fused-ring (bicyclic) bond motifs is 6. The second-order valence-corrected chi connectivity index (χ2v) is 19.4. The average Bonchev–Trinajstić information content (AvgIpc) is 3.75. The minimum Gasteiger partial charge on any atom is -0.340 e. The van der Waals surface area contributed by atoms with E-state index in [-0.39, 0.29) is 11.6 Å². The summed E-state index contributed by atoms with van der Waals surface area (Å²) in [6.45, 7) is 9.89. The number of nitrogens with zero attached hydrogens (tertiary/aromatic N) is 2. The van der Waals surface area contributed by atoms with Crippen molar-refractivity contribution in [2.45, 2.75) is 246 Å². The van der Waals surface area contributed by atoms with Gasteiger partial charge in [-0.05, 0) is 75.2 Å². The van der Waals surface area contributed by atoms with E-state index in [1.54, 1.807) is 13.8 Å². The SMILES string of the molecule is CCCCCCCCCCCCCCCCCCn1c2ccc(C(C)=O)cc2c2cc3c(cc21)c1cc(C(C)=O)ccc1n3CCCCCCCCCCCCCCCCCC. The van der Waals surface area contributed by atoms with Crippen molar-refractivity contribution in [2.75, 3.05) is 0 Å². The number of unbranched alkanes of at least 4 members (excludes halogenated alkanes) is 30. The minimum absolute atomic E-state index is 0.112. The summed E-state index contributed by atoms with van der Waals surface area (Å²) < 4.78 is 5.04. The first kappa shape index (κ1) is 49.6. The summed E-state index contributed by atoms with van der Waals surface area (Å²) in [5.74, 6) is 0.224. The quantitative estimate of drug-likeness (QED) is 0.0298. The smallest absolute Gasteiger partial charge is 0.159 e. The molecule has 0 saturated carbocycles. The molecule has 0 fully saturated rings. The fraction of sp³-hybridized carbons (Fsp3) is 0.655. The maximum atomic E-state index is 12.6. The van der Waals surface area contributed by atoms with Crippen LogP contribution in [0.25, 0.3) is 43.6 Å². The van der Waals surface area contributed by atoms with Gasteiger partial charge in [0.15, 0.2) is 11.6 Å². The Balaban J connectivity index is 1.17. The Morgan fingerprint density at radius 1 is 0.323 bits per heavy atom. The molecule has 0 amide bonds. The van der Waals surface area contributed by atoms with Crippen LogP contribution in [0.2, 0.25) is 0 Å². The van der Waals surface area contributed by atoms with Crippen molar-refractivity contribution < 1.29 is 9.59 Å². The molecule has 0 aliphatic carbocycles. The van der Waals surface area contributed by atoms with Crippen LogP contribution < -0.4 is 0 Å². The standard InChI is InChI=1S/C58H88N2O2/c1-5-7-9-11-13-15-17-19-21-23-25-27-29-31-33-35-41-59-55-39-37-49(47(3)61)43-51(55)53-46-58-54(45-57(53)59)52-44-50(48(4)62)38-40-56(52)60(58)42-36-34-32-30-28-26-24-22-20-18-16-14-12-10-8-6-2/h37-40,43-46H,5-36,41-42H2,1-4H3. The third kappa shape index (κ3) is 15.4. The molecule has 4 nitrogen and oxygen atoms in total. The summed E-state index contributed by atoms with van der Waals surface area (Å²) in [4.78, 5) is 25.3. The van der Waals surface area contributed by atoms with Gasteiger partial charge in [-0.15, -0.1) is 0 Å². The molecular weight excluding hydrogens is 757 g/mol. The normalized spacial score (nSPS) is 11.9. The number of aromatic nitrogens is 2. The van der Waals surface area contributed by atoms with E-state index >= 15 is 0 Å². The molecule has 0 radical (unpaired) electrons. The molecule has 0 aliphatic heterocycles. The summed E-state index contributed by atoms with van der Waals surface area (Å²) in [5.41, 5.74) is 6.47. The maximum Gasteiger partial charge on any atom is 0.159 e. The molecule has 0 aliphatic rings. The van der Waals surface area contributed by atoms with Gasteiger partial charge >= 0.3 is 0 Å². The van der Waals surface area contributed by atoms with Gasteiger partial charge in [-0.2, -0.15) is 0 Å². The molecule has 5 aromatic rings. The highest BCUT2D eigenvalue weighted by Gasteiger charge is 2.19. The molecule has 62 heavy (non-hydrogen) atoms. The van der Waals surface area contributed by atoms with E-state index in [9.17, 15) is 9.59 Å². The van der Waals surface area contributed by atoms with Crippen molar-refractivity contribution in [3.8, 4) is 0 Å². The van der Waals surface area contributed by atoms with Crippen molar-refractivity contribution in [3.05, 3.63) is 59.7 Å². The van der Waals surface area contributed by atoms with Gasteiger partial charge in [-0.25, -0.2) is 0 Å². The Morgan fingerprint density at radius 3 is 0.823 bits per heavy atom. The molecule has 3 aromatic carbocycles. The van der Waals surface area contributed by atoms with Crippen molar-refractivity contribution in [1.82, 2.24) is 9.13 Å². The molecule has 0 spiro atoms. The predicted octanol–water partition coefficient (Wildman–Crippen LogP) is 18.8. The molecule has 0 unspecified atom stereocenters. The number of benzene rings is 3. The first-order chi connectivity index (χ1) is 30.4. The summed E-state index contributed by atoms with van der Waals surface area (Å²) in [6.07, 6.45) is 43.8. The fourth-order valence-electron chi connectivity index (χ4n) is 10.2. The molecule has 0 atom stereocenters. The molecule has 342 valence electrons. The van der Waals surface area contributed by atoms with Gasteiger partial charge in [0, 0.05) is 67.8 Å². The van der Waals surface area contributed by atoms with Gasteiger partial charge in [0.1, 0.15) is 0 Å². The lowest BCUT2D eigenvalue weighted by atomic mass is 10.0. The number of hydrogen-bond donors (Lipinski definition) is 0. The molecule has 5 rings (SSSR count). The number of Topliss-reactive ketones (excluding diaryl/α,β-unsaturated/α-hetero) is 2. The first-order valence-corrected chi connectivity index (χ1v) is 26.5. The van der Waals surface area contributed by atoms with Crippen molar-refractivity contribution >= 4 is 55.2 Å². The van der Waals surface area contributed by atoms with E-state index in [0.717, 1.165) is 37.1 Å². The van der Waals surface area contributed by atoms with Crippen molar-refractivity contribution in [3.63, 3.8) is 0 Å². The molecule has 0 N–H and O–H groups in total. The zero-order chi connectivity index (χ0) is 43.8. The number of carbonyl (C=O) groups is 2. The van der Waals surface area contributed by atoms with Crippen LogP contribution in [0, 0.1) is 0 Å². The van der Waals surface area contributed by atoms with Crippen molar-refractivity contribution in [1.29, 1.82) is 0 Å². The van der Waals surface area contributed by atoms with Crippen LogP contribution in [-0.4, -0.2) is 20.7 Å². The lowest BCUT2D eigenvalue weighted by Gasteiger charge is -2.09. The van der Waals surface area contributed by atoms with Gasteiger partial charge in [0.2, 0.25) is 0 Å². The Hall–Kier alpha value is -3.40. The Bertz CT molecular complexity index is 1910. The molecule has 2 aromatic heterocycles. The highest BCUT2D eigenvalue weighted by atomic mass is 16.1. The molecule has 0 bridgehead atoms. The second kappa shape index (κ2) is 28.4. The topological polar surface area (TPSA) is 44.0 Å². The van der Waals surface area contributed by atoms with Crippen LogP contribution in [0.4, 0.5) is 0 Å². The van der Waals surface area contributed by atoms with Crippen LogP contribution in [0.5, 0.6) is 0 Å². The van der Waals surface area contributed by atoms with Gasteiger partial charge in [0.25, 0.3) is 0 Å². The van der Waals surface area contributed by atoms with E-state index in [0.29, 0.717) is 0 Å². The molecular formula is C58H88N2O2. The number of aryl methyl sites for hydroxylation is 2. The lowest BCUT2D eigenvalue weighted by molar-refractivity contribution is 0.100. The third-order valence-corrected chi connectivity index (χ3v) is 14.1. The lowest BCUT2D eigenvalue weighted by Crippen LogP contribution is -1.99. The van der Waals surface area contributed by atoms with Gasteiger partial charge < -0.3 is 9.13 Å². The van der Waals surface area contributed by atoms with Gasteiger partial charge in [0.05, 0.1) is 0 Å². The summed E-state index contributed by atoms with van der Waals surface area (Å²) in [5, 5.41) is 4.81. The largest absolute Gasteiger partial charge is 0.340 e. The molecule has 4 heteroatoms. The van der Waals surface area contributed by atoms with Crippen LogP contribution in [0.3, 0.4) is 0 Å². The average molecular weight is 845 g/mol. The monoisotopic (exact) mass is 845 g/mol. The number of rotatable bonds is 36. The fourth-order valence-corrected chi connectivity index (χ4v) is 10.2. The molecule has 2 heterocycles. The van der Waals surface area contributed by atoms with E-state index in [1.807, 2.05) is 12.1 Å². The van der Waals surface area contributed by atoms with Crippen LogP contribution >= 0.6 is 0 Å². The summed E-state index contributed by atoms with van der Waals surface area (Å²) in [6, 6.07) is 17.5. The number of hydrogen-bond acceptors (Lipinski definition) is 2. The molecule has 0 saturated heterocycles. The van der Waals surface area contributed by atoms with E-state index < -0.39 is 0 Å².